The largest absolute Gasteiger partial charge is 0.290 e. The van der Waals surface area contributed by atoms with Gasteiger partial charge < -0.3 is 0 Å². The van der Waals surface area contributed by atoms with E-state index in [4.69, 9.17) is 4.98 Å². The summed E-state index contributed by atoms with van der Waals surface area (Å²) >= 11 is 0. The highest BCUT2D eigenvalue weighted by atomic mass is 15.1. The minimum atomic E-state index is 0.765. The lowest BCUT2D eigenvalue weighted by atomic mass is 10.1. The zero-order valence-electron chi connectivity index (χ0n) is 13.5. The van der Waals surface area contributed by atoms with E-state index in [1.807, 2.05) is 36.5 Å². The lowest BCUT2D eigenvalue weighted by molar-refractivity contribution is 1.11. The molecule has 0 aliphatic rings. The van der Waals surface area contributed by atoms with Crippen molar-refractivity contribution in [1.82, 2.24) is 14.5 Å². The normalized spacial score (nSPS) is 11.2. The first-order chi connectivity index (χ1) is 12.4. The number of nitrogens with zero attached hydrogens (tertiary/aromatic N) is 3. The van der Waals surface area contributed by atoms with Gasteiger partial charge in [0.1, 0.15) is 11.3 Å². The molecule has 0 aliphatic heterocycles. The monoisotopic (exact) mass is 321 g/mol. The van der Waals surface area contributed by atoms with Crippen molar-refractivity contribution in [2.45, 2.75) is 0 Å². The van der Waals surface area contributed by atoms with Crippen LogP contribution in [-0.2, 0) is 0 Å². The first-order valence-electron chi connectivity index (χ1n) is 8.29. The summed E-state index contributed by atoms with van der Waals surface area (Å²) in [6.45, 7) is 0. The van der Waals surface area contributed by atoms with Gasteiger partial charge in [0.25, 0.3) is 0 Å². The van der Waals surface area contributed by atoms with Crippen molar-refractivity contribution in [3.8, 4) is 17.1 Å². The van der Waals surface area contributed by atoms with Crippen LogP contribution >= 0.6 is 0 Å². The molecule has 118 valence electrons. The van der Waals surface area contributed by atoms with E-state index in [2.05, 4.69) is 64.1 Å². The molecular formula is C22H15N3. The smallest absolute Gasteiger partial charge is 0.179 e. The quantitative estimate of drug-likeness (QED) is 0.445. The first-order valence-corrected chi connectivity index (χ1v) is 8.29. The lowest BCUT2D eigenvalue weighted by Crippen LogP contribution is -1.97. The van der Waals surface area contributed by atoms with E-state index < -0.39 is 0 Å². The highest BCUT2D eigenvalue weighted by Crippen LogP contribution is 2.31. The van der Waals surface area contributed by atoms with Crippen LogP contribution in [0.5, 0.6) is 0 Å². The van der Waals surface area contributed by atoms with Crippen molar-refractivity contribution >= 4 is 21.9 Å². The maximum absolute atomic E-state index is 4.86. The maximum atomic E-state index is 4.86. The third kappa shape index (κ3) is 2.21. The second-order valence-electron chi connectivity index (χ2n) is 5.99. The molecule has 0 spiro atoms. The van der Waals surface area contributed by atoms with Crippen LogP contribution in [0.3, 0.4) is 0 Å². The number of hydrogen-bond donors (Lipinski definition) is 0. The Balaban J connectivity index is 1.96. The average molecular weight is 321 g/mol. The van der Waals surface area contributed by atoms with E-state index in [0.29, 0.717) is 0 Å². The minimum absolute atomic E-state index is 0.765. The summed E-state index contributed by atoms with van der Waals surface area (Å²) in [5.74, 6) is 0.908. The van der Waals surface area contributed by atoms with Crippen molar-refractivity contribution < 1.29 is 0 Å². The highest BCUT2D eigenvalue weighted by Gasteiger charge is 2.17. The molecule has 3 heteroatoms. The molecule has 0 aliphatic carbocycles. The minimum Gasteiger partial charge on any atom is -0.290 e. The molecule has 5 rings (SSSR count). The molecule has 0 saturated carbocycles. The number of benzene rings is 3. The molecular weight excluding hydrogens is 306 g/mol. The maximum Gasteiger partial charge on any atom is 0.179 e. The molecule has 0 saturated heterocycles. The van der Waals surface area contributed by atoms with Gasteiger partial charge in [-0.3, -0.25) is 4.57 Å². The van der Waals surface area contributed by atoms with Gasteiger partial charge in [0, 0.05) is 28.2 Å². The summed E-state index contributed by atoms with van der Waals surface area (Å²) in [4.78, 5) is 9.47. The molecule has 0 amide bonds. The van der Waals surface area contributed by atoms with Crippen LogP contribution in [0.25, 0.3) is 39.0 Å². The fourth-order valence-electron chi connectivity index (χ4n) is 3.31. The van der Waals surface area contributed by atoms with Crippen LogP contribution < -0.4 is 0 Å². The zero-order valence-corrected chi connectivity index (χ0v) is 13.5. The van der Waals surface area contributed by atoms with E-state index in [-0.39, 0.29) is 0 Å². The number of hydrogen-bond acceptors (Lipinski definition) is 2. The third-order valence-electron chi connectivity index (χ3n) is 4.45. The number of imidazole rings is 1. The summed E-state index contributed by atoms with van der Waals surface area (Å²) in [6.07, 6.45) is 1.90. The number of rotatable bonds is 2. The van der Waals surface area contributed by atoms with E-state index in [1.165, 1.54) is 0 Å². The molecule has 2 aromatic heterocycles. The zero-order chi connectivity index (χ0) is 16.6. The Hall–Kier alpha value is -3.46. The van der Waals surface area contributed by atoms with E-state index in [0.717, 1.165) is 39.0 Å². The molecule has 2 heterocycles. The van der Waals surface area contributed by atoms with Crippen LogP contribution in [0.1, 0.15) is 0 Å². The predicted molar refractivity (Wildman–Crippen MR) is 102 cm³/mol. The van der Waals surface area contributed by atoms with Crippen LogP contribution in [0, 0.1) is 0 Å². The van der Waals surface area contributed by atoms with Gasteiger partial charge >= 0.3 is 0 Å². The molecule has 0 bridgehead atoms. The first kappa shape index (κ1) is 13.9. The van der Waals surface area contributed by atoms with Gasteiger partial charge in [0.15, 0.2) is 5.65 Å². The Bertz CT molecular complexity index is 1180. The van der Waals surface area contributed by atoms with Crippen molar-refractivity contribution in [2.75, 3.05) is 0 Å². The Morgan fingerprint density at radius 2 is 1.36 bits per heavy atom. The van der Waals surface area contributed by atoms with Gasteiger partial charge in [-0.1, -0.05) is 72.8 Å². The van der Waals surface area contributed by atoms with Crippen LogP contribution in [0.15, 0.2) is 91.1 Å². The molecule has 0 unspecified atom stereocenters. The van der Waals surface area contributed by atoms with Crippen LogP contribution in [0.2, 0.25) is 0 Å². The molecule has 3 nitrogen and oxygen atoms in total. The van der Waals surface area contributed by atoms with Crippen molar-refractivity contribution in [1.29, 1.82) is 0 Å². The fourth-order valence-corrected chi connectivity index (χ4v) is 3.31. The second kappa shape index (κ2) is 5.56. The fraction of sp³-hybridized carbons (Fsp3) is 0. The van der Waals surface area contributed by atoms with Crippen molar-refractivity contribution in [2.24, 2.45) is 0 Å². The van der Waals surface area contributed by atoms with E-state index in [9.17, 15) is 0 Å². The standard InChI is InChI=1S/C22H15N3/c1-3-9-16(10-4-1)22-24-21-20(25(22)18-12-5-2-6-13-18)19-14-8-7-11-17(19)15-23-21/h1-15H. The summed E-state index contributed by atoms with van der Waals surface area (Å²) in [7, 11) is 0. The summed E-state index contributed by atoms with van der Waals surface area (Å²) in [6, 6.07) is 28.9. The summed E-state index contributed by atoms with van der Waals surface area (Å²) < 4.78 is 2.21. The Kier molecular flexibility index (Phi) is 3.10. The van der Waals surface area contributed by atoms with Crippen molar-refractivity contribution in [3.63, 3.8) is 0 Å². The van der Waals surface area contributed by atoms with E-state index in [1.54, 1.807) is 0 Å². The molecule has 0 N–H and O–H groups in total. The number of pyridine rings is 1. The molecule has 3 aromatic carbocycles. The lowest BCUT2D eigenvalue weighted by Gasteiger charge is -2.10. The van der Waals surface area contributed by atoms with Crippen LogP contribution in [-0.4, -0.2) is 14.5 Å². The molecule has 5 aromatic rings. The van der Waals surface area contributed by atoms with Crippen LogP contribution in [0.4, 0.5) is 0 Å². The average Bonchev–Trinajstić information content (AvgIpc) is 3.09. The van der Waals surface area contributed by atoms with Gasteiger partial charge in [-0.15, -0.1) is 0 Å². The second-order valence-corrected chi connectivity index (χ2v) is 5.99. The molecule has 25 heavy (non-hydrogen) atoms. The number of aromatic nitrogens is 3. The van der Waals surface area contributed by atoms with Crippen molar-refractivity contribution in [3.05, 3.63) is 91.1 Å². The third-order valence-corrected chi connectivity index (χ3v) is 4.45. The Morgan fingerprint density at radius 1 is 0.680 bits per heavy atom. The number of para-hydroxylation sites is 1. The topological polar surface area (TPSA) is 30.7 Å². The van der Waals surface area contributed by atoms with Gasteiger partial charge in [-0.25, -0.2) is 9.97 Å². The molecule has 0 fully saturated rings. The number of fused-ring (bicyclic) bond motifs is 3. The Labute approximate surface area is 145 Å². The SMILES string of the molecule is c1ccc(-c2nc3ncc4ccccc4c3n2-c2ccccc2)cc1. The predicted octanol–water partition coefficient (Wildman–Crippen LogP) is 5.24. The van der Waals surface area contributed by atoms with Gasteiger partial charge in [-0.2, -0.15) is 0 Å². The highest BCUT2D eigenvalue weighted by molar-refractivity contribution is 6.04. The van der Waals surface area contributed by atoms with Gasteiger partial charge in [0.05, 0.1) is 0 Å². The van der Waals surface area contributed by atoms with E-state index >= 15 is 0 Å². The molecule has 0 radical (unpaired) electrons. The Morgan fingerprint density at radius 3 is 2.16 bits per heavy atom. The summed E-state index contributed by atoms with van der Waals surface area (Å²) in [5.41, 5.74) is 3.97. The summed E-state index contributed by atoms with van der Waals surface area (Å²) in [5, 5.41) is 2.28. The molecule has 0 atom stereocenters. The van der Waals surface area contributed by atoms with Gasteiger partial charge in [-0.05, 0) is 12.1 Å². The van der Waals surface area contributed by atoms with Gasteiger partial charge in [0.2, 0.25) is 0 Å².